The molecule has 0 radical (unpaired) electrons. The fraction of sp³-hybridized carbons (Fsp3) is 0.583. The minimum atomic E-state index is 0.166. The van der Waals surface area contributed by atoms with E-state index in [2.05, 4.69) is 24.1 Å². The lowest BCUT2D eigenvalue weighted by atomic mass is 10.1. The first-order valence-electron chi connectivity index (χ1n) is 5.32. The number of rotatable bonds is 4. The van der Waals surface area contributed by atoms with Gasteiger partial charge in [-0.25, -0.2) is 0 Å². The molecule has 1 aromatic heterocycles. The van der Waals surface area contributed by atoms with Gasteiger partial charge in [0.1, 0.15) is 0 Å². The summed E-state index contributed by atoms with van der Waals surface area (Å²) in [5.41, 5.74) is 3.17. The fourth-order valence-electron chi connectivity index (χ4n) is 1.39. The molecule has 1 N–H and O–H groups in total. The summed E-state index contributed by atoms with van der Waals surface area (Å²) in [4.78, 5) is 4.32. The van der Waals surface area contributed by atoms with Crippen LogP contribution in [0.2, 0.25) is 0 Å². The first-order chi connectivity index (χ1) is 6.99. The van der Waals surface area contributed by atoms with Crippen LogP contribution in [0.4, 0.5) is 5.69 Å². The highest BCUT2D eigenvalue weighted by molar-refractivity contribution is 6.21. The number of nitrogens with zero attached hydrogens (tertiary/aromatic N) is 1. The number of alkyl halides is 1. The van der Waals surface area contributed by atoms with E-state index < -0.39 is 0 Å². The Hall–Kier alpha value is -0.760. The van der Waals surface area contributed by atoms with Gasteiger partial charge in [-0.1, -0.05) is 13.8 Å². The summed E-state index contributed by atoms with van der Waals surface area (Å²) in [6.07, 6.45) is 0. The molecule has 0 bridgehead atoms. The van der Waals surface area contributed by atoms with Gasteiger partial charge < -0.3 is 5.32 Å². The van der Waals surface area contributed by atoms with Gasteiger partial charge in [0.2, 0.25) is 0 Å². The van der Waals surface area contributed by atoms with Gasteiger partial charge in [-0.15, -0.1) is 11.6 Å². The number of aryl methyl sites for hydroxylation is 2. The predicted molar refractivity (Wildman–Crippen MR) is 66.7 cm³/mol. The van der Waals surface area contributed by atoms with Crippen molar-refractivity contribution in [2.24, 2.45) is 5.92 Å². The number of hydrogen-bond donors (Lipinski definition) is 1. The quantitative estimate of drug-likeness (QED) is 0.797. The van der Waals surface area contributed by atoms with Gasteiger partial charge in [0, 0.05) is 23.6 Å². The largest absolute Gasteiger partial charge is 0.383 e. The van der Waals surface area contributed by atoms with E-state index in [0.29, 0.717) is 5.92 Å². The van der Waals surface area contributed by atoms with Crippen molar-refractivity contribution in [2.75, 3.05) is 11.9 Å². The summed E-state index contributed by atoms with van der Waals surface area (Å²) < 4.78 is 0. The lowest BCUT2D eigenvalue weighted by Gasteiger charge is -2.15. The molecule has 0 aliphatic rings. The first-order valence-corrected chi connectivity index (χ1v) is 5.76. The van der Waals surface area contributed by atoms with Crippen molar-refractivity contribution in [1.82, 2.24) is 4.98 Å². The van der Waals surface area contributed by atoms with Crippen LogP contribution in [0.3, 0.4) is 0 Å². The third-order valence-electron chi connectivity index (χ3n) is 2.31. The van der Waals surface area contributed by atoms with Crippen molar-refractivity contribution >= 4 is 17.3 Å². The van der Waals surface area contributed by atoms with Crippen LogP contribution >= 0.6 is 11.6 Å². The Morgan fingerprint density at radius 1 is 1.27 bits per heavy atom. The molecule has 3 heteroatoms. The van der Waals surface area contributed by atoms with Gasteiger partial charge in [0.05, 0.1) is 5.38 Å². The maximum atomic E-state index is 6.17. The molecule has 0 aromatic carbocycles. The zero-order valence-electron chi connectivity index (χ0n) is 9.84. The van der Waals surface area contributed by atoms with Crippen molar-refractivity contribution in [1.29, 1.82) is 0 Å². The number of aromatic nitrogens is 1. The molecule has 0 amide bonds. The summed E-state index contributed by atoms with van der Waals surface area (Å²) in [6, 6.07) is 4.08. The number of pyridine rings is 1. The molecular formula is C12H19ClN2. The third kappa shape index (κ3) is 4.08. The maximum Gasteiger partial charge on any atom is 0.0531 e. The minimum absolute atomic E-state index is 0.166. The molecule has 84 valence electrons. The van der Waals surface area contributed by atoms with E-state index in [1.807, 2.05) is 26.0 Å². The minimum Gasteiger partial charge on any atom is -0.383 e. The van der Waals surface area contributed by atoms with Crippen LogP contribution in [-0.4, -0.2) is 16.9 Å². The van der Waals surface area contributed by atoms with Gasteiger partial charge in [0.25, 0.3) is 0 Å². The monoisotopic (exact) mass is 226 g/mol. The number of anilines is 1. The Morgan fingerprint density at radius 2 is 1.80 bits per heavy atom. The average molecular weight is 227 g/mol. The van der Waals surface area contributed by atoms with Crippen LogP contribution in [0.15, 0.2) is 12.1 Å². The van der Waals surface area contributed by atoms with E-state index in [9.17, 15) is 0 Å². The zero-order valence-corrected chi connectivity index (χ0v) is 10.6. The molecule has 1 heterocycles. The van der Waals surface area contributed by atoms with Crippen LogP contribution in [0, 0.1) is 19.8 Å². The maximum absolute atomic E-state index is 6.17. The second kappa shape index (κ2) is 5.36. The van der Waals surface area contributed by atoms with Crippen LogP contribution in [0.25, 0.3) is 0 Å². The topological polar surface area (TPSA) is 24.9 Å². The Balaban J connectivity index is 2.57. The molecule has 1 aromatic rings. The second-order valence-electron chi connectivity index (χ2n) is 4.28. The molecule has 0 aliphatic carbocycles. The molecule has 0 saturated heterocycles. The SMILES string of the molecule is Cc1cc(NCC(Cl)C(C)C)cc(C)n1. The highest BCUT2D eigenvalue weighted by atomic mass is 35.5. The molecule has 1 rings (SSSR count). The first kappa shape index (κ1) is 12.3. The Morgan fingerprint density at radius 3 is 2.27 bits per heavy atom. The molecule has 0 spiro atoms. The summed E-state index contributed by atoms with van der Waals surface area (Å²) in [6.45, 7) is 9.05. The van der Waals surface area contributed by atoms with Crippen LogP contribution in [-0.2, 0) is 0 Å². The fourth-order valence-corrected chi connectivity index (χ4v) is 1.46. The smallest absolute Gasteiger partial charge is 0.0531 e. The van der Waals surface area contributed by atoms with Crippen LogP contribution < -0.4 is 5.32 Å². The Kier molecular flexibility index (Phi) is 4.40. The van der Waals surface area contributed by atoms with E-state index in [1.54, 1.807) is 0 Å². The third-order valence-corrected chi connectivity index (χ3v) is 2.96. The number of hydrogen-bond acceptors (Lipinski definition) is 2. The van der Waals surface area contributed by atoms with E-state index in [0.717, 1.165) is 23.6 Å². The van der Waals surface area contributed by atoms with E-state index in [1.165, 1.54) is 0 Å². The highest BCUT2D eigenvalue weighted by Crippen LogP contribution is 2.14. The van der Waals surface area contributed by atoms with E-state index in [4.69, 9.17) is 11.6 Å². The molecule has 1 unspecified atom stereocenters. The molecular weight excluding hydrogens is 208 g/mol. The summed E-state index contributed by atoms with van der Waals surface area (Å²) in [5.74, 6) is 0.489. The van der Waals surface area contributed by atoms with E-state index in [-0.39, 0.29) is 5.38 Å². The Bertz CT molecular complexity index is 303. The van der Waals surface area contributed by atoms with Gasteiger partial charge in [-0.05, 0) is 31.9 Å². The predicted octanol–water partition coefficient (Wildman–Crippen LogP) is 3.37. The van der Waals surface area contributed by atoms with Gasteiger partial charge in [-0.2, -0.15) is 0 Å². The lowest BCUT2D eigenvalue weighted by Crippen LogP contribution is -2.19. The van der Waals surface area contributed by atoms with Crippen LogP contribution in [0.5, 0.6) is 0 Å². The number of halogens is 1. The van der Waals surface area contributed by atoms with Gasteiger partial charge >= 0.3 is 0 Å². The van der Waals surface area contributed by atoms with E-state index >= 15 is 0 Å². The summed E-state index contributed by atoms with van der Waals surface area (Å²) in [7, 11) is 0. The molecule has 0 aliphatic heterocycles. The normalized spacial score (nSPS) is 12.9. The molecule has 1 atom stereocenters. The summed E-state index contributed by atoms with van der Waals surface area (Å²) in [5, 5.41) is 3.50. The van der Waals surface area contributed by atoms with Gasteiger partial charge in [0.15, 0.2) is 0 Å². The van der Waals surface area contributed by atoms with Crippen LogP contribution in [0.1, 0.15) is 25.2 Å². The summed E-state index contributed by atoms with van der Waals surface area (Å²) >= 11 is 6.17. The molecule has 2 nitrogen and oxygen atoms in total. The molecule has 0 fully saturated rings. The molecule has 0 saturated carbocycles. The second-order valence-corrected chi connectivity index (χ2v) is 4.84. The zero-order chi connectivity index (χ0) is 11.4. The highest BCUT2D eigenvalue weighted by Gasteiger charge is 2.08. The van der Waals surface area contributed by atoms with Crippen molar-refractivity contribution in [3.05, 3.63) is 23.5 Å². The Labute approximate surface area is 97.1 Å². The average Bonchev–Trinajstić information content (AvgIpc) is 2.12. The lowest BCUT2D eigenvalue weighted by molar-refractivity contribution is 0.616. The standard InChI is InChI=1S/C12H19ClN2/c1-8(2)12(13)7-14-11-5-9(3)15-10(4)6-11/h5-6,8,12H,7H2,1-4H3,(H,14,15). The van der Waals surface area contributed by atoms with Crippen molar-refractivity contribution in [3.8, 4) is 0 Å². The molecule has 15 heavy (non-hydrogen) atoms. The van der Waals surface area contributed by atoms with Crippen molar-refractivity contribution in [2.45, 2.75) is 33.1 Å². The van der Waals surface area contributed by atoms with Crippen molar-refractivity contribution in [3.63, 3.8) is 0 Å². The number of nitrogens with one attached hydrogen (secondary N) is 1. The van der Waals surface area contributed by atoms with Gasteiger partial charge in [-0.3, -0.25) is 4.98 Å². The van der Waals surface area contributed by atoms with Crippen molar-refractivity contribution < 1.29 is 0 Å².